The molecule has 50 atom stereocenters. The van der Waals surface area contributed by atoms with E-state index in [4.69, 9.17) is 94.7 Å². The Balaban J connectivity index is 0.989. The average Bonchev–Trinajstić information content (AvgIpc) is 0.763. The van der Waals surface area contributed by atoms with Crippen molar-refractivity contribution in [1.29, 1.82) is 0 Å². The lowest BCUT2D eigenvalue weighted by atomic mass is 9.94. The molecule has 50 unspecified atom stereocenters. The van der Waals surface area contributed by atoms with Crippen LogP contribution in [0, 0.1) is 0 Å². The zero-order valence-corrected chi connectivity index (χ0v) is 62.9. The second-order valence-electron chi connectivity index (χ2n) is 29.9. The van der Waals surface area contributed by atoms with Crippen LogP contribution in [0.5, 0.6) is 0 Å². The lowest BCUT2D eigenvalue weighted by Gasteiger charge is -2.52. The molecule has 10 aliphatic heterocycles. The number of ether oxygens (including phenoxy) is 20. The molecular weight excluding hydrogens is 1560 g/mol. The Kier molecular flexibility index (Phi) is 32.0. The first-order valence-electron chi connectivity index (χ1n) is 37.2. The van der Waals surface area contributed by atoms with Gasteiger partial charge >= 0.3 is 5.97 Å². The molecule has 0 radical (unpaired) electrons. The van der Waals surface area contributed by atoms with Gasteiger partial charge < -0.3 is 223 Å². The predicted molar refractivity (Wildman–Crippen MR) is 354 cm³/mol. The van der Waals surface area contributed by atoms with Crippen LogP contribution < -0.4 is 10.6 Å². The third-order valence-electron chi connectivity index (χ3n) is 21.7. The van der Waals surface area contributed by atoms with Crippen molar-refractivity contribution in [3.8, 4) is 0 Å². The summed E-state index contributed by atoms with van der Waals surface area (Å²) in [4.78, 5) is 39.3. The topological polar surface area (TPSA) is 725 Å². The van der Waals surface area contributed by atoms with Gasteiger partial charge in [0.15, 0.2) is 75.1 Å². The van der Waals surface area contributed by atoms with E-state index in [-0.39, 0.29) is 0 Å². The Labute approximate surface area is 649 Å². The van der Waals surface area contributed by atoms with Crippen LogP contribution in [0.15, 0.2) is 0 Å². The molecule has 0 spiro atoms. The van der Waals surface area contributed by atoms with Gasteiger partial charge in [0.2, 0.25) is 11.8 Å². The van der Waals surface area contributed by atoms with Crippen LogP contribution in [0.3, 0.4) is 0 Å². The van der Waals surface area contributed by atoms with Crippen molar-refractivity contribution in [2.45, 2.75) is 369 Å². The number of carbonyl (C=O) groups excluding carboxylic acids is 3. The summed E-state index contributed by atoms with van der Waals surface area (Å²) in [5, 5.41) is 263. The number of hydrogen-bond donors (Lipinski definition) is 25. The van der Waals surface area contributed by atoms with Gasteiger partial charge in [-0.25, -0.2) is 0 Å². The van der Waals surface area contributed by atoms with Gasteiger partial charge in [0.05, 0.1) is 63.1 Å². The Morgan fingerprint density at radius 1 is 0.246 bits per heavy atom. The van der Waals surface area contributed by atoms with Crippen molar-refractivity contribution < 1.29 is 227 Å². The third-order valence-corrected chi connectivity index (χ3v) is 21.7. The van der Waals surface area contributed by atoms with Crippen LogP contribution in [-0.2, 0) is 109 Å². The molecule has 0 aromatic carbocycles. The predicted octanol–water partition coefficient (Wildman–Crippen LogP) is -15.8. The van der Waals surface area contributed by atoms with E-state index in [1.807, 2.05) is 0 Å². The van der Waals surface area contributed by atoms with Gasteiger partial charge in [-0.05, 0) is 41.5 Å². The number of esters is 1. The lowest BCUT2D eigenvalue weighted by Crippen LogP contribution is -2.71. The zero-order valence-electron chi connectivity index (χ0n) is 62.9. The first-order chi connectivity index (χ1) is 53.7. The zero-order chi connectivity index (χ0) is 84.0. The highest BCUT2D eigenvalue weighted by atomic mass is 16.8. The fraction of sp³-hybridized carbons (Fsp3) is 0.955. The largest absolute Gasteiger partial charge is 0.457 e. The molecule has 0 aromatic heterocycles. The normalized spacial score (nSPS) is 52.4. The van der Waals surface area contributed by atoms with E-state index in [0.717, 1.165) is 20.8 Å². The summed E-state index contributed by atoms with van der Waals surface area (Å²) in [5.74, 6) is -2.91. The SMILES string of the molecule is CC(=O)NC1C(O)OC(CO)C(O)C1OC1OC(C)C(OC2OC(CO)C(O)C(O)C2O)C(OC2OC(C)C(O)C(O)C2OC2OC(C)C(O)C(OC(C)=O)C2OC2OC(CO)C(O)C(OC3OC(C)C(OC4OC(CO)C(O)C(O)C4O)C(OC4OC(C)C(O)C(O)C4OC4OC(C)C(O)C(O)C4O)C3O)C2NC(C)=O)C1O. The first kappa shape index (κ1) is 93.0. The fourth-order valence-corrected chi connectivity index (χ4v) is 15.2. The van der Waals surface area contributed by atoms with Crippen molar-refractivity contribution >= 4 is 17.8 Å². The van der Waals surface area contributed by atoms with Gasteiger partial charge in [-0.1, -0.05) is 0 Å². The minimum Gasteiger partial charge on any atom is -0.457 e. The number of carbonyl (C=O) groups is 3. The van der Waals surface area contributed by atoms with Gasteiger partial charge in [0.1, 0.15) is 195 Å². The maximum atomic E-state index is 13.6. The maximum absolute atomic E-state index is 13.6. The molecule has 2 amide bonds. The van der Waals surface area contributed by atoms with Gasteiger partial charge in [-0.15, -0.1) is 0 Å². The summed E-state index contributed by atoms with van der Waals surface area (Å²) >= 11 is 0. The van der Waals surface area contributed by atoms with E-state index in [9.17, 15) is 132 Å². The highest BCUT2D eigenvalue weighted by molar-refractivity contribution is 5.73. The molecule has 0 aromatic rings. The number of aliphatic hydroxyl groups is 23. The third kappa shape index (κ3) is 19.8. The highest BCUT2D eigenvalue weighted by Crippen LogP contribution is 2.42. The Morgan fingerprint density at radius 3 is 0.939 bits per heavy atom. The van der Waals surface area contributed by atoms with Crippen LogP contribution in [0.2, 0.25) is 0 Å². The fourth-order valence-electron chi connectivity index (χ4n) is 15.2. The minimum absolute atomic E-state index is 0.797. The number of aliphatic hydroxyl groups excluding tert-OH is 23. The molecule has 660 valence electrons. The van der Waals surface area contributed by atoms with E-state index in [1.54, 1.807) is 0 Å². The second kappa shape index (κ2) is 39.3. The van der Waals surface area contributed by atoms with Crippen molar-refractivity contribution in [2.75, 3.05) is 26.4 Å². The molecule has 25 N–H and O–H groups in total. The summed E-state index contributed by atoms with van der Waals surface area (Å²) in [6.07, 6.45) is -93.7. The van der Waals surface area contributed by atoms with Crippen molar-refractivity contribution in [1.82, 2.24) is 10.6 Å². The number of amides is 2. The van der Waals surface area contributed by atoms with Gasteiger partial charge in [-0.3, -0.25) is 14.4 Å². The van der Waals surface area contributed by atoms with Crippen LogP contribution >= 0.6 is 0 Å². The standard InChI is InChI=1S/C66H110N2O46/c1-14-29(76)37(84)42(89)59(95-14)112-54-40(87)30(77)15(2)96-64(54)110-53-46(93)63(100-19(6)48(53)107-61-44(91)39(86)34(81)24(11-70)105-61)109-50-28(68-21(8)74)58(103-26(13-72)36(50)83)114-56-51(101-22(9)75)32(79)17(4)98-66(56)113-55-41(88)31(78)16(3)97-65(55)111-52-45(92)62(108-49-27(67-20(7)73)57(94)102-25(12-71)35(49)82)99-18(5)47(52)106-60-43(90)38(85)33(80)23(10-69)104-60/h14-19,23-66,69-72,76-94H,10-13H2,1-9H3,(H,67,73)(H,68,74). The first-order valence-corrected chi connectivity index (χ1v) is 37.2. The minimum atomic E-state index is -2.39. The lowest BCUT2D eigenvalue weighted by molar-refractivity contribution is -0.411. The summed E-state index contributed by atoms with van der Waals surface area (Å²) in [5.41, 5.74) is 0. The quantitative estimate of drug-likeness (QED) is 0.0377. The number of nitrogens with one attached hydrogen (secondary N) is 2. The molecule has 10 heterocycles. The average molecular weight is 1670 g/mol. The van der Waals surface area contributed by atoms with Crippen molar-refractivity contribution in [3.63, 3.8) is 0 Å². The Bertz CT molecular complexity index is 3060. The van der Waals surface area contributed by atoms with Crippen LogP contribution in [0.4, 0.5) is 0 Å². The molecule has 10 fully saturated rings. The molecule has 0 saturated carbocycles. The molecule has 0 bridgehead atoms. The number of hydrogen-bond acceptors (Lipinski definition) is 46. The molecule has 48 heteroatoms. The summed E-state index contributed by atoms with van der Waals surface area (Å²) < 4.78 is 122. The van der Waals surface area contributed by atoms with E-state index >= 15 is 0 Å². The molecule has 114 heavy (non-hydrogen) atoms. The maximum Gasteiger partial charge on any atom is 0.303 e. The summed E-state index contributed by atoms with van der Waals surface area (Å²) in [6.45, 7) is 6.39. The van der Waals surface area contributed by atoms with Crippen molar-refractivity contribution in [3.05, 3.63) is 0 Å². The van der Waals surface area contributed by atoms with Gasteiger partial charge in [-0.2, -0.15) is 0 Å². The molecule has 10 rings (SSSR count). The highest BCUT2D eigenvalue weighted by Gasteiger charge is 2.62. The Hall–Kier alpha value is -3.27. The summed E-state index contributed by atoms with van der Waals surface area (Å²) in [6, 6.07) is -3.68. The monoisotopic (exact) mass is 1670 g/mol. The van der Waals surface area contributed by atoms with Crippen LogP contribution in [0.1, 0.15) is 62.3 Å². The number of rotatable bonds is 25. The van der Waals surface area contributed by atoms with Crippen molar-refractivity contribution in [2.24, 2.45) is 0 Å². The Morgan fingerprint density at radius 2 is 0.526 bits per heavy atom. The van der Waals surface area contributed by atoms with Gasteiger partial charge in [0.25, 0.3) is 0 Å². The van der Waals surface area contributed by atoms with Crippen LogP contribution in [0.25, 0.3) is 0 Å². The second-order valence-corrected chi connectivity index (χ2v) is 29.9. The molecular formula is C66H110N2O46. The van der Waals surface area contributed by atoms with Crippen LogP contribution in [-0.4, -0.2) is 469 Å². The van der Waals surface area contributed by atoms with E-state index < -0.39 is 351 Å². The molecule has 0 aliphatic carbocycles. The molecule has 10 aliphatic rings. The molecule has 10 saturated heterocycles. The van der Waals surface area contributed by atoms with E-state index in [1.165, 1.54) is 41.5 Å². The van der Waals surface area contributed by atoms with E-state index in [0.29, 0.717) is 0 Å². The molecule has 48 nitrogen and oxygen atoms in total. The van der Waals surface area contributed by atoms with E-state index in [2.05, 4.69) is 10.6 Å². The van der Waals surface area contributed by atoms with Gasteiger partial charge in [0, 0.05) is 20.8 Å². The summed E-state index contributed by atoms with van der Waals surface area (Å²) in [7, 11) is 0. The smallest absolute Gasteiger partial charge is 0.303 e.